The van der Waals surface area contributed by atoms with Crippen LogP contribution in [0.15, 0.2) is 21.2 Å². The minimum atomic E-state index is 0.0819. The molecule has 1 aliphatic carbocycles. The van der Waals surface area contributed by atoms with Gasteiger partial charge in [-0.1, -0.05) is 27.2 Å². The van der Waals surface area contributed by atoms with Gasteiger partial charge in [0.05, 0.1) is 0 Å². The summed E-state index contributed by atoms with van der Waals surface area (Å²) in [6.07, 6.45) is 6.68. The lowest BCUT2D eigenvalue weighted by molar-refractivity contribution is -0.122. The minimum absolute atomic E-state index is 0.0819. The molecule has 0 atom stereocenters. The van der Waals surface area contributed by atoms with E-state index in [1.807, 2.05) is 16.8 Å². The van der Waals surface area contributed by atoms with E-state index in [2.05, 4.69) is 36.3 Å². The van der Waals surface area contributed by atoms with E-state index in [4.69, 9.17) is 4.42 Å². The molecule has 26 heavy (non-hydrogen) atoms. The number of amides is 1. The molecule has 0 unspecified atom stereocenters. The average molecular weight is 376 g/mol. The van der Waals surface area contributed by atoms with Gasteiger partial charge in [0.15, 0.2) is 0 Å². The quantitative estimate of drug-likeness (QED) is 0.752. The number of hydrogen-bond acceptors (Lipinski definition) is 5. The molecule has 1 aliphatic rings. The fourth-order valence-electron chi connectivity index (χ4n) is 3.69. The molecule has 142 valence electrons. The van der Waals surface area contributed by atoms with Crippen molar-refractivity contribution in [2.45, 2.75) is 71.8 Å². The van der Waals surface area contributed by atoms with E-state index in [-0.39, 0.29) is 5.91 Å². The van der Waals surface area contributed by atoms with E-state index in [0.29, 0.717) is 36.1 Å². The summed E-state index contributed by atoms with van der Waals surface area (Å²) in [5, 5.41) is 15.2. The molecule has 1 fully saturated rings. The summed E-state index contributed by atoms with van der Waals surface area (Å²) in [6, 6.07) is 2.26. The molecule has 2 aromatic heterocycles. The third kappa shape index (κ3) is 4.72. The average Bonchev–Trinajstić information content (AvgIpc) is 3.32. The van der Waals surface area contributed by atoms with Crippen molar-refractivity contribution >= 4 is 17.2 Å². The monoisotopic (exact) mass is 375 g/mol. The molecule has 2 heterocycles. The normalized spacial score (nSPS) is 20.9. The molecule has 1 N–H and O–H groups in total. The predicted molar refractivity (Wildman–Crippen MR) is 104 cm³/mol. The largest absolute Gasteiger partial charge is 0.421 e. The van der Waals surface area contributed by atoms with Crippen molar-refractivity contribution in [2.75, 3.05) is 0 Å². The number of thiophene rings is 1. The first-order valence-electron chi connectivity index (χ1n) is 9.62. The maximum absolute atomic E-state index is 12.3. The molecule has 0 spiro atoms. The lowest BCUT2D eigenvalue weighted by Gasteiger charge is -2.39. The Morgan fingerprint density at radius 1 is 1.31 bits per heavy atom. The van der Waals surface area contributed by atoms with Gasteiger partial charge in [-0.2, -0.15) is 11.3 Å². The van der Waals surface area contributed by atoms with Crippen LogP contribution in [-0.4, -0.2) is 22.1 Å². The second-order valence-electron chi connectivity index (χ2n) is 7.97. The van der Waals surface area contributed by atoms with E-state index in [0.717, 1.165) is 24.3 Å². The minimum Gasteiger partial charge on any atom is -0.421 e. The van der Waals surface area contributed by atoms with Crippen LogP contribution in [-0.2, 0) is 11.2 Å². The lowest BCUT2D eigenvalue weighted by atomic mass is 9.69. The van der Waals surface area contributed by atoms with Crippen molar-refractivity contribution in [1.29, 1.82) is 0 Å². The molecule has 5 nitrogen and oxygen atoms in total. The Hall–Kier alpha value is -1.69. The van der Waals surface area contributed by atoms with Crippen molar-refractivity contribution in [1.82, 2.24) is 15.5 Å². The molecular formula is C20H29N3O2S. The molecule has 0 radical (unpaired) electrons. The highest BCUT2D eigenvalue weighted by Gasteiger charge is 2.32. The molecule has 0 saturated heterocycles. The first-order valence-corrected chi connectivity index (χ1v) is 10.6. The standard InChI is InChI=1S/C20H29N3O2S/c1-4-20(2,3)15-5-7-16(8-6-15)21-17(24)9-10-18-22-23-19(25-18)14-11-12-26-13-14/h11-13,15-16H,4-10H2,1-3H3,(H,21,24). The van der Waals surface area contributed by atoms with Gasteiger partial charge in [0.25, 0.3) is 0 Å². The fraction of sp³-hybridized carbons (Fsp3) is 0.650. The fourth-order valence-corrected chi connectivity index (χ4v) is 4.32. The van der Waals surface area contributed by atoms with Gasteiger partial charge >= 0.3 is 0 Å². The van der Waals surface area contributed by atoms with Crippen LogP contribution in [0.25, 0.3) is 11.5 Å². The van der Waals surface area contributed by atoms with Crippen LogP contribution in [0.5, 0.6) is 0 Å². The number of carbonyl (C=O) groups excluding carboxylic acids is 1. The Morgan fingerprint density at radius 2 is 2.08 bits per heavy atom. The first-order chi connectivity index (χ1) is 12.5. The van der Waals surface area contributed by atoms with Gasteiger partial charge < -0.3 is 9.73 Å². The van der Waals surface area contributed by atoms with Gasteiger partial charge in [0, 0.05) is 29.8 Å². The number of nitrogens with one attached hydrogen (secondary N) is 1. The summed E-state index contributed by atoms with van der Waals surface area (Å²) in [6.45, 7) is 7.01. The molecule has 2 aromatic rings. The topological polar surface area (TPSA) is 68.0 Å². The van der Waals surface area contributed by atoms with Gasteiger partial charge in [-0.3, -0.25) is 4.79 Å². The molecule has 0 aliphatic heterocycles. The Morgan fingerprint density at radius 3 is 2.73 bits per heavy atom. The van der Waals surface area contributed by atoms with E-state index in [1.54, 1.807) is 11.3 Å². The third-order valence-corrected chi connectivity index (χ3v) is 6.59. The van der Waals surface area contributed by atoms with Crippen LogP contribution in [0, 0.1) is 11.3 Å². The highest BCUT2D eigenvalue weighted by atomic mass is 32.1. The van der Waals surface area contributed by atoms with Crippen LogP contribution in [0.3, 0.4) is 0 Å². The van der Waals surface area contributed by atoms with Gasteiger partial charge in [-0.15, -0.1) is 10.2 Å². The van der Waals surface area contributed by atoms with Gasteiger partial charge in [-0.05, 0) is 48.5 Å². The number of aryl methyl sites for hydroxylation is 1. The van der Waals surface area contributed by atoms with Crippen molar-refractivity contribution in [3.05, 3.63) is 22.7 Å². The molecule has 3 rings (SSSR count). The van der Waals surface area contributed by atoms with Crippen LogP contribution in [0.4, 0.5) is 0 Å². The molecule has 1 saturated carbocycles. The zero-order valence-corrected chi connectivity index (χ0v) is 16.8. The Kier molecular flexibility index (Phi) is 6.12. The van der Waals surface area contributed by atoms with Gasteiger partial charge in [0.2, 0.25) is 17.7 Å². The third-order valence-electron chi connectivity index (χ3n) is 5.91. The van der Waals surface area contributed by atoms with Crippen LogP contribution in [0.2, 0.25) is 0 Å². The molecular weight excluding hydrogens is 346 g/mol. The van der Waals surface area contributed by atoms with Crippen molar-refractivity contribution in [2.24, 2.45) is 11.3 Å². The van der Waals surface area contributed by atoms with Crippen molar-refractivity contribution < 1.29 is 9.21 Å². The maximum Gasteiger partial charge on any atom is 0.248 e. The molecule has 0 bridgehead atoms. The maximum atomic E-state index is 12.3. The van der Waals surface area contributed by atoms with Crippen molar-refractivity contribution in [3.8, 4) is 11.5 Å². The number of carbonyl (C=O) groups is 1. The predicted octanol–water partition coefficient (Wildman–Crippen LogP) is 4.84. The zero-order valence-electron chi connectivity index (χ0n) is 16.0. The van der Waals surface area contributed by atoms with Crippen molar-refractivity contribution in [3.63, 3.8) is 0 Å². The van der Waals surface area contributed by atoms with Crippen LogP contribution < -0.4 is 5.32 Å². The number of aromatic nitrogens is 2. The van der Waals surface area contributed by atoms with E-state index in [9.17, 15) is 4.79 Å². The zero-order chi connectivity index (χ0) is 18.6. The number of nitrogens with zero attached hydrogens (tertiary/aromatic N) is 2. The van der Waals surface area contributed by atoms with E-state index < -0.39 is 0 Å². The summed E-state index contributed by atoms with van der Waals surface area (Å²) >= 11 is 1.59. The summed E-state index contributed by atoms with van der Waals surface area (Å²) in [5.41, 5.74) is 1.34. The van der Waals surface area contributed by atoms with E-state index >= 15 is 0 Å². The summed E-state index contributed by atoms with van der Waals surface area (Å²) in [5.74, 6) is 1.90. The van der Waals surface area contributed by atoms with Gasteiger partial charge in [-0.25, -0.2) is 0 Å². The number of hydrogen-bond donors (Lipinski definition) is 1. The highest BCUT2D eigenvalue weighted by molar-refractivity contribution is 7.08. The van der Waals surface area contributed by atoms with Crippen LogP contribution in [0.1, 0.15) is 65.2 Å². The Labute approximate surface area is 159 Å². The SMILES string of the molecule is CCC(C)(C)C1CCC(NC(=O)CCc2nnc(-c3ccsc3)o2)CC1. The second kappa shape index (κ2) is 8.33. The Bertz CT molecular complexity index is 700. The summed E-state index contributed by atoms with van der Waals surface area (Å²) in [4.78, 5) is 12.3. The first kappa shape index (κ1) is 19.1. The smallest absolute Gasteiger partial charge is 0.248 e. The van der Waals surface area contributed by atoms with Crippen LogP contribution >= 0.6 is 11.3 Å². The Balaban J connectivity index is 1.41. The van der Waals surface area contributed by atoms with E-state index in [1.165, 1.54) is 19.3 Å². The van der Waals surface area contributed by atoms with Gasteiger partial charge in [0.1, 0.15) is 0 Å². The lowest BCUT2D eigenvalue weighted by Crippen LogP contribution is -2.40. The summed E-state index contributed by atoms with van der Waals surface area (Å²) in [7, 11) is 0. The second-order valence-corrected chi connectivity index (χ2v) is 8.75. The number of rotatable bonds is 7. The summed E-state index contributed by atoms with van der Waals surface area (Å²) < 4.78 is 5.64. The highest BCUT2D eigenvalue weighted by Crippen LogP contribution is 2.40. The molecule has 1 amide bonds. The molecule has 6 heteroatoms. The molecule has 0 aromatic carbocycles.